The SMILES string of the molecule is O=C(Nc1ccc(N2CCCCC2)c(C(=O)N2CCCC2)c1)c1ccccc1Cl. The smallest absolute Gasteiger partial charge is 0.257 e. The van der Waals surface area contributed by atoms with Gasteiger partial charge in [0.2, 0.25) is 0 Å². The molecule has 152 valence electrons. The molecule has 2 aliphatic heterocycles. The quantitative estimate of drug-likeness (QED) is 0.784. The van der Waals surface area contributed by atoms with Crippen LogP contribution in [0, 0.1) is 0 Å². The van der Waals surface area contributed by atoms with Crippen molar-refractivity contribution in [2.24, 2.45) is 0 Å². The second-order valence-corrected chi connectivity index (χ2v) is 8.12. The number of anilines is 2. The van der Waals surface area contributed by atoms with E-state index in [4.69, 9.17) is 11.6 Å². The number of nitrogens with zero attached hydrogens (tertiary/aromatic N) is 2. The van der Waals surface area contributed by atoms with Crippen molar-refractivity contribution in [1.29, 1.82) is 0 Å². The molecular weight excluding hydrogens is 386 g/mol. The molecule has 0 bridgehead atoms. The Labute approximate surface area is 176 Å². The number of carbonyl (C=O) groups excluding carboxylic acids is 2. The van der Waals surface area contributed by atoms with Crippen molar-refractivity contribution in [1.82, 2.24) is 4.90 Å². The van der Waals surface area contributed by atoms with E-state index in [0.717, 1.165) is 57.5 Å². The number of rotatable bonds is 4. The lowest BCUT2D eigenvalue weighted by Gasteiger charge is -2.31. The van der Waals surface area contributed by atoms with E-state index in [2.05, 4.69) is 10.2 Å². The number of benzene rings is 2. The maximum Gasteiger partial charge on any atom is 0.257 e. The number of likely N-dealkylation sites (tertiary alicyclic amines) is 1. The summed E-state index contributed by atoms with van der Waals surface area (Å²) in [6.07, 6.45) is 5.62. The molecule has 1 N–H and O–H groups in total. The van der Waals surface area contributed by atoms with Crippen LogP contribution in [0.1, 0.15) is 52.8 Å². The van der Waals surface area contributed by atoms with Gasteiger partial charge in [0.15, 0.2) is 0 Å². The number of hydrogen-bond acceptors (Lipinski definition) is 3. The average Bonchev–Trinajstić information content (AvgIpc) is 3.29. The van der Waals surface area contributed by atoms with E-state index < -0.39 is 0 Å². The minimum atomic E-state index is -0.277. The van der Waals surface area contributed by atoms with Crippen LogP contribution >= 0.6 is 11.6 Å². The molecule has 2 aliphatic rings. The lowest BCUT2D eigenvalue weighted by Crippen LogP contribution is -2.34. The van der Waals surface area contributed by atoms with Gasteiger partial charge in [0.25, 0.3) is 11.8 Å². The van der Waals surface area contributed by atoms with Crippen LogP contribution in [-0.2, 0) is 0 Å². The molecule has 0 saturated carbocycles. The zero-order chi connectivity index (χ0) is 20.2. The highest BCUT2D eigenvalue weighted by atomic mass is 35.5. The fourth-order valence-corrected chi connectivity index (χ4v) is 4.35. The Morgan fingerprint density at radius 3 is 2.24 bits per heavy atom. The summed E-state index contributed by atoms with van der Waals surface area (Å²) in [5.41, 5.74) is 2.67. The monoisotopic (exact) mass is 411 g/mol. The lowest BCUT2D eigenvalue weighted by atomic mass is 10.0. The van der Waals surface area contributed by atoms with Gasteiger partial charge in [0, 0.05) is 37.6 Å². The van der Waals surface area contributed by atoms with Crippen molar-refractivity contribution in [3.63, 3.8) is 0 Å². The Hall–Kier alpha value is -2.53. The average molecular weight is 412 g/mol. The van der Waals surface area contributed by atoms with E-state index in [9.17, 15) is 9.59 Å². The second-order valence-electron chi connectivity index (χ2n) is 7.71. The van der Waals surface area contributed by atoms with Gasteiger partial charge in [0.05, 0.1) is 16.1 Å². The van der Waals surface area contributed by atoms with Gasteiger partial charge in [-0.15, -0.1) is 0 Å². The van der Waals surface area contributed by atoms with E-state index >= 15 is 0 Å². The van der Waals surface area contributed by atoms with Gasteiger partial charge < -0.3 is 15.1 Å². The molecule has 0 atom stereocenters. The molecule has 2 heterocycles. The maximum atomic E-state index is 13.2. The van der Waals surface area contributed by atoms with Gasteiger partial charge in [-0.1, -0.05) is 23.7 Å². The van der Waals surface area contributed by atoms with Crippen molar-refractivity contribution in [2.75, 3.05) is 36.4 Å². The zero-order valence-electron chi connectivity index (χ0n) is 16.5. The van der Waals surface area contributed by atoms with E-state index in [-0.39, 0.29) is 11.8 Å². The normalized spacial score (nSPS) is 16.7. The van der Waals surface area contributed by atoms with Crippen molar-refractivity contribution in [3.8, 4) is 0 Å². The molecule has 5 nitrogen and oxygen atoms in total. The molecule has 0 aromatic heterocycles. The first-order valence-electron chi connectivity index (χ1n) is 10.4. The van der Waals surface area contributed by atoms with Gasteiger partial charge in [-0.3, -0.25) is 9.59 Å². The van der Waals surface area contributed by atoms with Gasteiger partial charge in [0.1, 0.15) is 0 Å². The third-order valence-corrected chi connectivity index (χ3v) is 6.02. The summed E-state index contributed by atoms with van der Waals surface area (Å²) in [6, 6.07) is 12.6. The maximum absolute atomic E-state index is 13.2. The number of piperidine rings is 1. The second kappa shape index (κ2) is 8.87. The predicted molar refractivity (Wildman–Crippen MR) is 117 cm³/mol. The summed E-state index contributed by atoms with van der Waals surface area (Å²) in [4.78, 5) is 30.1. The van der Waals surface area contributed by atoms with Gasteiger partial charge >= 0.3 is 0 Å². The molecule has 4 rings (SSSR count). The minimum absolute atomic E-state index is 0.0527. The third-order valence-electron chi connectivity index (χ3n) is 5.69. The largest absolute Gasteiger partial charge is 0.371 e. The van der Waals surface area contributed by atoms with E-state index in [1.54, 1.807) is 24.3 Å². The molecule has 0 spiro atoms. The summed E-state index contributed by atoms with van der Waals surface area (Å²) in [6.45, 7) is 3.53. The Balaban J connectivity index is 1.63. The molecule has 0 radical (unpaired) electrons. The summed E-state index contributed by atoms with van der Waals surface area (Å²) in [5, 5.41) is 3.31. The van der Waals surface area contributed by atoms with Crippen molar-refractivity contribution in [2.45, 2.75) is 32.1 Å². The third kappa shape index (κ3) is 4.40. The highest BCUT2D eigenvalue weighted by molar-refractivity contribution is 6.34. The molecule has 2 amide bonds. The van der Waals surface area contributed by atoms with Gasteiger partial charge in [-0.2, -0.15) is 0 Å². The highest BCUT2D eigenvalue weighted by Crippen LogP contribution is 2.29. The summed E-state index contributed by atoms with van der Waals surface area (Å²) in [5.74, 6) is -0.224. The first kappa shape index (κ1) is 19.8. The van der Waals surface area contributed by atoms with Crippen LogP contribution in [-0.4, -0.2) is 42.9 Å². The Kier molecular flexibility index (Phi) is 6.05. The predicted octanol–water partition coefficient (Wildman–Crippen LogP) is 4.82. The minimum Gasteiger partial charge on any atom is -0.371 e. The van der Waals surface area contributed by atoms with E-state index in [1.165, 1.54) is 6.42 Å². The van der Waals surface area contributed by atoms with Crippen LogP contribution in [0.2, 0.25) is 5.02 Å². The van der Waals surface area contributed by atoms with Crippen molar-refractivity contribution in [3.05, 3.63) is 58.6 Å². The Bertz CT molecular complexity index is 903. The topological polar surface area (TPSA) is 52.7 Å². The van der Waals surface area contributed by atoms with Crippen LogP contribution in [0.15, 0.2) is 42.5 Å². The Morgan fingerprint density at radius 2 is 1.52 bits per heavy atom. The molecule has 0 unspecified atom stereocenters. The molecule has 0 aliphatic carbocycles. The molecule has 29 heavy (non-hydrogen) atoms. The van der Waals surface area contributed by atoms with Crippen LogP contribution in [0.25, 0.3) is 0 Å². The molecule has 2 fully saturated rings. The van der Waals surface area contributed by atoms with E-state index in [1.807, 2.05) is 23.1 Å². The number of amides is 2. The summed E-state index contributed by atoms with van der Waals surface area (Å²) < 4.78 is 0. The standard InChI is InChI=1S/C23H26ClN3O2/c24-20-9-3-2-8-18(20)22(28)25-17-10-11-21(26-12-4-1-5-13-26)19(16-17)23(29)27-14-6-7-15-27/h2-3,8-11,16H,1,4-7,12-15H2,(H,25,28). The van der Waals surface area contributed by atoms with Crippen LogP contribution in [0.4, 0.5) is 11.4 Å². The first-order valence-corrected chi connectivity index (χ1v) is 10.8. The van der Waals surface area contributed by atoms with Gasteiger partial charge in [-0.05, 0) is 62.4 Å². The molecular formula is C23H26ClN3O2. The first-order chi connectivity index (χ1) is 14.1. The molecule has 2 aromatic rings. The highest BCUT2D eigenvalue weighted by Gasteiger charge is 2.25. The fraction of sp³-hybridized carbons (Fsp3) is 0.391. The summed E-state index contributed by atoms with van der Waals surface area (Å²) in [7, 11) is 0. The number of hydrogen-bond donors (Lipinski definition) is 1. The summed E-state index contributed by atoms with van der Waals surface area (Å²) >= 11 is 6.15. The molecule has 2 aromatic carbocycles. The van der Waals surface area contributed by atoms with Crippen molar-refractivity contribution < 1.29 is 9.59 Å². The lowest BCUT2D eigenvalue weighted by molar-refractivity contribution is 0.0793. The van der Waals surface area contributed by atoms with Crippen LogP contribution < -0.4 is 10.2 Å². The van der Waals surface area contributed by atoms with Crippen LogP contribution in [0.3, 0.4) is 0 Å². The molecule has 2 saturated heterocycles. The number of halogens is 1. The zero-order valence-corrected chi connectivity index (χ0v) is 17.3. The van der Waals surface area contributed by atoms with Gasteiger partial charge in [-0.25, -0.2) is 0 Å². The van der Waals surface area contributed by atoms with E-state index in [0.29, 0.717) is 21.8 Å². The van der Waals surface area contributed by atoms with Crippen LogP contribution in [0.5, 0.6) is 0 Å². The Morgan fingerprint density at radius 1 is 0.828 bits per heavy atom. The number of carbonyl (C=O) groups is 2. The number of nitrogens with one attached hydrogen (secondary N) is 1. The molecule has 6 heteroatoms. The fourth-order valence-electron chi connectivity index (χ4n) is 4.13. The van der Waals surface area contributed by atoms with Crippen molar-refractivity contribution >= 4 is 34.8 Å².